The Morgan fingerprint density at radius 3 is 2.50 bits per heavy atom. The molecule has 0 fully saturated rings. The van der Waals surface area contributed by atoms with Crippen molar-refractivity contribution < 1.29 is 4.48 Å². The summed E-state index contributed by atoms with van der Waals surface area (Å²) in [7, 11) is 6.59. The van der Waals surface area contributed by atoms with Crippen molar-refractivity contribution in [1.82, 2.24) is 9.97 Å². The van der Waals surface area contributed by atoms with Gasteiger partial charge in [0.2, 0.25) is 0 Å². The van der Waals surface area contributed by atoms with E-state index in [0.717, 1.165) is 17.4 Å². The van der Waals surface area contributed by atoms with Crippen molar-refractivity contribution in [3.63, 3.8) is 0 Å². The number of hydrogen-bond donors (Lipinski definition) is 1. The third kappa shape index (κ3) is 2.66. The molecule has 3 heteroatoms. The normalized spacial score (nSPS) is 12.0. The zero-order valence-electron chi connectivity index (χ0n) is 8.39. The van der Waals surface area contributed by atoms with Gasteiger partial charge in [0, 0.05) is 12.1 Å². The molecule has 0 aliphatic carbocycles. The maximum atomic E-state index is 4.25. The molecule has 68 valence electrons. The molecule has 1 rings (SSSR count). The summed E-state index contributed by atoms with van der Waals surface area (Å²) in [5, 5.41) is 0. The average molecular weight is 168 g/mol. The summed E-state index contributed by atoms with van der Waals surface area (Å²) in [6.45, 7) is 3.20. The van der Waals surface area contributed by atoms with E-state index in [1.165, 1.54) is 11.4 Å². The Bertz CT molecular complexity index is 245. The largest absolute Gasteiger partial charge is 0.348 e. The van der Waals surface area contributed by atoms with Crippen LogP contribution in [0.2, 0.25) is 0 Å². The van der Waals surface area contributed by atoms with Crippen LogP contribution in [0.25, 0.3) is 0 Å². The van der Waals surface area contributed by atoms with E-state index >= 15 is 0 Å². The Balaban J connectivity index is 2.49. The van der Waals surface area contributed by atoms with E-state index in [-0.39, 0.29) is 0 Å². The van der Waals surface area contributed by atoms with Gasteiger partial charge in [0.25, 0.3) is 0 Å². The Hall–Kier alpha value is -0.830. The zero-order valence-corrected chi connectivity index (χ0v) is 8.39. The molecule has 0 atom stereocenters. The third-order valence-electron chi connectivity index (χ3n) is 1.95. The van der Waals surface area contributed by atoms with Gasteiger partial charge in [0.05, 0.1) is 39.7 Å². The Morgan fingerprint density at radius 1 is 1.42 bits per heavy atom. The molecule has 0 unspecified atom stereocenters. The monoisotopic (exact) mass is 168 g/mol. The van der Waals surface area contributed by atoms with Gasteiger partial charge in [-0.3, -0.25) is 0 Å². The van der Waals surface area contributed by atoms with Crippen molar-refractivity contribution in [2.75, 3.05) is 27.7 Å². The highest BCUT2D eigenvalue weighted by molar-refractivity contribution is 5.08. The molecule has 12 heavy (non-hydrogen) atoms. The van der Waals surface area contributed by atoms with Crippen molar-refractivity contribution in [3.8, 4) is 0 Å². The minimum Gasteiger partial charge on any atom is -0.348 e. The number of aryl methyl sites for hydroxylation is 1. The van der Waals surface area contributed by atoms with Crippen molar-refractivity contribution in [2.45, 2.75) is 13.3 Å². The number of quaternary nitrogens is 1. The van der Waals surface area contributed by atoms with Gasteiger partial charge < -0.3 is 9.47 Å². The number of aromatic amines is 1. The van der Waals surface area contributed by atoms with Crippen molar-refractivity contribution >= 4 is 0 Å². The van der Waals surface area contributed by atoms with Crippen LogP contribution in [0.15, 0.2) is 6.33 Å². The Kier molecular flexibility index (Phi) is 2.52. The number of nitrogens with one attached hydrogen (secondary N) is 1. The number of hydrogen-bond acceptors (Lipinski definition) is 1. The van der Waals surface area contributed by atoms with E-state index in [1.807, 2.05) is 0 Å². The second-order valence-corrected chi connectivity index (χ2v) is 4.24. The van der Waals surface area contributed by atoms with Crippen LogP contribution in [0.4, 0.5) is 0 Å². The van der Waals surface area contributed by atoms with Crippen LogP contribution >= 0.6 is 0 Å². The molecule has 1 heterocycles. The molecule has 1 N–H and O–H groups in total. The van der Waals surface area contributed by atoms with Gasteiger partial charge in [-0.15, -0.1) is 0 Å². The van der Waals surface area contributed by atoms with Crippen LogP contribution in [-0.4, -0.2) is 42.1 Å². The number of likely N-dealkylation sites (N-methyl/N-ethyl adjacent to an activating group) is 1. The standard InChI is InChI=1S/C9H18N3/c1-8-9(11-7-10-8)5-6-12(2,3)4/h7H,5-6H2,1-4H3,(H,10,11)/q+1. The highest BCUT2D eigenvalue weighted by Crippen LogP contribution is 2.03. The van der Waals surface area contributed by atoms with E-state index in [1.54, 1.807) is 6.33 Å². The van der Waals surface area contributed by atoms with Crippen LogP contribution in [0.1, 0.15) is 11.4 Å². The lowest BCUT2D eigenvalue weighted by atomic mass is 10.2. The van der Waals surface area contributed by atoms with E-state index in [4.69, 9.17) is 0 Å². The molecule has 1 aromatic heterocycles. The minimum atomic E-state index is 0.992. The Labute approximate surface area is 74.0 Å². The van der Waals surface area contributed by atoms with E-state index in [2.05, 4.69) is 38.0 Å². The summed E-state index contributed by atoms with van der Waals surface area (Å²) in [5.41, 5.74) is 2.39. The van der Waals surface area contributed by atoms with Gasteiger partial charge in [0.1, 0.15) is 0 Å². The summed E-state index contributed by atoms with van der Waals surface area (Å²) in [5.74, 6) is 0. The van der Waals surface area contributed by atoms with Gasteiger partial charge >= 0.3 is 0 Å². The van der Waals surface area contributed by atoms with Gasteiger partial charge in [-0.25, -0.2) is 4.98 Å². The Morgan fingerprint density at radius 2 is 2.08 bits per heavy atom. The van der Waals surface area contributed by atoms with Crippen molar-refractivity contribution in [3.05, 3.63) is 17.7 Å². The molecule has 0 aliphatic heterocycles. The quantitative estimate of drug-likeness (QED) is 0.669. The molecule has 0 saturated carbocycles. The molecule has 0 aliphatic rings. The first-order chi connectivity index (χ1) is 5.49. The van der Waals surface area contributed by atoms with Crippen LogP contribution in [0.5, 0.6) is 0 Å². The summed E-state index contributed by atoms with van der Waals surface area (Å²) < 4.78 is 0.992. The molecule has 0 spiro atoms. The number of H-pyrrole nitrogens is 1. The summed E-state index contributed by atoms with van der Waals surface area (Å²) in [4.78, 5) is 7.34. The fourth-order valence-electron chi connectivity index (χ4n) is 1.08. The number of imidazole rings is 1. The molecule has 0 bridgehead atoms. The lowest BCUT2D eigenvalue weighted by Gasteiger charge is -2.23. The molecule has 0 amide bonds. The number of rotatable bonds is 3. The second-order valence-electron chi connectivity index (χ2n) is 4.24. The van der Waals surface area contributed by atoms with Gasteiger partial charge in [-0.05, 0) is 6.92 Å². The summed E-state index contributed by atoms with van der Waals surface area (Å²) >= 11 is 0. The molecule has 0 radical (unpaired) electrons. The fourth-order valence-corrected chi connectivity index (χ4v) is 1.08. The molecule has 3 nitrogen and oxygen atoms in total. The highest BCUT2D eigenvalue weighted by atomic mass is 15.3. The van der Waals surface area contributed by atoms with E-state index < -0.39 is 0 Å². The third-order valence-corrected chi connectivity index (χ3v) is 1.95. The predicted molar refractivity (Wildman–Crippen MR) is 49.9 cm³/mol. The first kappa shape index (κ1) is 9.26. The topological polar surface area (TPSA) is 28.7 Å². The molecule has 1 aromatic rings. The average Bonchev–Trinajstić information content (AvgIpc) is 2.29. The predicted octanol–water partition coefficient (Wildman–Crippen LogP) is 0.967. The van der Waals surface area contributed by atoms with Gasteiger partial charge in [-0.2, -0.15) is 0 Å². The molecular weight excluding hydrogens is 150 g/mol. The van der Waals surface area contributed by atoms with Crippen LogP contribution in [0.3, 0.4) is 0 Å². The lowest BCUT2D eigenvalue weighted by Crippen LogP contribution is -2.36. The van der Waals surface area contributed by atoms with E-state index in [9.17, 15) is 0 Å². The maximum absolute atomic E-state index is 4.25. The molecule has 0 saturated heterocycles. The number of aromatic nitrogens is 2. The fraction of sp³-hybridized carbons (Fsp3) is 0.667. The number of nitrogens with zero attached hydrogens (tertiary/aromatic N) is 2. The molecule has 0 aromatic carbocycles. The zero-order chi connectivity index (χ0) is 9.19. The van der Waals surface area contributed by atoms with E-state index in [0.29, 0.717) is 0 Å². The second kappa shape index (κ2) is 3.27. The lowest BCUT2D eigenvalue weighted by molar-refractivity contribution is -0.870. The van der Waals surface area contributed by atoms with Crippen molar-refractivity contribution in [1.29, 1.82) is 0 Å². The summed E-state index contributed by atoms with van der Waals surface area (Å²) in [6.07, 6.45) is 2.82. The summed E-state index contributed by atoms with van der Waals surface area (Å²) in [6, 6.07) is 0. The maximum Gasteiger partial charge on any atom is 0.0925 e. The minimum absolute atomic E-state index is 0.992. The van der Waals surface area contributed by atoms with Crippen LogP contribution in [0, 0.1) is 6.92 Å². The molecular formula is C9H18N3+. The SMILES string of the molecule is Cc1[nH]cnc1CC[N+](C)(C)C. The van der Waals surface area contributed by atoms with Gasteiger partial charge in [-0.1, -0.05) is 0 Å². The van der Waals surface area contributed by atoms with Crippen molar-refractivity contribution in [2.24, 2.45) is 0 Å². The first-order valence-corrected chi connectivity index (χ1v) is 4.28. The van der Waals surface area contributed by atoms with Crippen LogP contribution in [-0.2, 0) is 6.42 Å². The van der Waals surface area contributed by atoms with Gasteiger partial charge in [0.15, 0.2) is 0 Å². The first-order valence-electron chi connectivity index (χ1n) is 4.28. The smallest absolute Gasteiger partial charge is 0.0925 e. The van der Waals surface area contributed by atoms with Crippen LogP contribution < -0.4 is 0 Å². The highest BCUT2D eigenvalue weighted by Gasteiger charge is 2.09.